The molecular formula is C15H18BrN3S. The van der Waals surface area contributed by atoms with E-state index in [-0.39, 0.29) is 0 Å². The van der Waals surface area contributed by atoms with Crippen molar-refractivity contribution < 1.29 is 0 Å². The van der Waals surface area contributed by atoms with Crippen molar-refractivity contribution in [3.63, 3.8) is 0 Å². The van der Waals surface area contributed by atoms with Crippen LogP contribution in [0.3, 0.4) is 0 Å². The van der Waals surface area contributed by atoms with Gasteiger partial charge in [0.25, 0.3) is 0 Å². The van der Waals surface area contributed by atoms with Gasteiger partial charge < -0.3 is 5.32 Å². The maximum atomic E-state index is 4.46. The van der Waals surface area contributed by atoms with Gasteiger partial charge in [0, 0.05) is 27.3 Å². The van der Waals surface area contributed by atoms with Gasteiger partial charge >= 0.3 is 0 Å². The van der Waals surface area contributed by atoms with E-state index >= 15 is 0 Å². The number of nitrogens with one attached hydrogen (secondary N) is 1. The van der Waals surface area contributed by atoms with Gasteiger partial charge in [0.05, 0.1) is 0 Å². The minimum absolute atomic E-state index is 0.306. The average molecular weight is 352 g/mol. The van der Waals surface area contributed by atoms with Crippen molar-refractivity contribution in [3.05, 3.63) is 46.2 Å². The van der Waals surface area contributed by atoms with Gasteiger partial charge in [-0.3, -0.25) is 0 Å². The molecule has 0 fully saturated rings. The fourth-order valence-electron chi connectivity index (χ4n) is 1.94. The molecule has 0 bridgehead atoms. The van der Waals surface area contributed by atoms with Gasteiger partial charge in [-0.15, -0.1) is 0 Å². The van der Waals surface area contributed by atoms with Crippen molar-refractivity contribution in [2.45, 2.75) is 36.9 Å². The van der Waals surface area contributed by atoms with E-state index in [4.69, 9.17) is 0 Å². The lowest BCUT2D eigenvalue weighted by molar-refractivity contribution is 0.589. The van der Waals surface area contributed by atoms with Crippen LogP contribution >= 0.6 is 27.7 Å². The van der Waals surface area contributed by atoms with Gasteiger partial charge in [0.2, 0.25) is 0 Å². The number of benzene rings is 1. The number of halogens is 1. The second kappa shape index (κ2) is 7.20. The summed E-state index contributed by atoms with van der Waals surface area (Å²) in [4.78, 5) is 9.97. The number of nitrogens with zero attached hydrogens (tertiary/aromatic N) is 2. The first-order valence-electron chi connectivity index (χ1n) is 6.60. The molecule has 0 aliphatic rings. The predicted molar refractivity (Wildman–Crippen MR) is 87.1 cm³/mol. The van der Waals surface area contributed by atoms with Crippen molar-refractivity contribution in [2.75, 3.05) is 6.54 Å². The summed E-state index contributed by atoms with van der Waals surface area (Å²) < 4.78 is 1.07. The topological polar surface area (TPSA) is 37.8 Å². The third-order valence-corrected chi connectivity index (χ3v) is 4.37. The molecule has 5 heteroatoms. The molecule has 0 aliphatic carbocycles. The van der Waals surface area contributed by atoms with Crippen LogP contribution in [0.1, 0.15) is 31.1 Å². The quantitative estimate of drug-likeness (QED) is 0.811. The lowest BCUT2D eigenvalue weighted by atomic mass is 10.1. The van der Waals surface area contributed by atoms with E-state index in [2.05, 4.69) is 63.3 Å². The largest absolute Gasteiger partial charge is 0.310 e. The summed E-state index contributed by atoms with van der Waals surface area (Å²) in [7, 11) is 0. The monoisotopic (exact) mass is 351 g/mol. The second-order valence-corrected chi connectivity index (χ2v) is 6.47. The van der Waals surface area contributed by atoms with Crippen LogP contribution in [0, 0.1) is 6.92 Å². The summed E-state index contributed by atoms with van der Waals surface area (Å²) >= 11 is 5.14. The Morgan fingerprint density at radius 2 is 2.15 bits per heavy atom. The zero-order valence-electron chi connectivity index (χ0n) is 11.9. The Balaban J connectivity index is 2.32. The molecule has 3 nitrogen and oxygen atoms in total. The molecule has 1 heterocycles. The van der Waals surface area contributed by atoms with Crippen molar-refractivity contribution >= 4 is 27.7 Å². The Morgan fingerprint density at radius 1 is 1.35 bits per heavy atom. The van der Waals surface area contributed by atoms with Crippen LogP contribution in [0.2, 0.25) is 0 Å². The van der Waals surface area contributed by atoms with Gasteiger partial charge in [0.15, 0.2) is 5.16 Å². The number of aryl methyl sites for hydroxylation is 1. The first-order valence-corrected chi connectivity index (χ1v) is 8.21. The highest BCUT2D eigenvalue weighted by molar-refractivity contribution is 9.10. The highest BCUT2D eigenvalue weighted by Crippen LogP contribution is 2.33. The Labute approximate surface area is 132 Å². The number of rotatable bonds is 5. The zero-order valence-corrected chi connectivity index (χ0v) is 14.3. The third kappa shape index (κ3) is 4.04. The fourth-order valence-corrected chi connectivity index (χ4v) is 3.50. The molecule has 20 heavy (non-hydrogen) atoms. The lowest BCUT2D eigenvalue weighted by Gasteiger charge is -2.17. The van der Waals surface area contributed by atoms with Crippen molar-refractivity contribution in [2.24, 2.45) is 0 Å². The van der Waals surface area contributed by atoms with E-state index in [1.54, 1.807) is 18.0 Å². The summed E-state index contributed by atoms with van der Waals surface area (Å²) in [5.74, 6) is 0. The van der Waals surface area contributed by atoms with Crippen molar-refractivity contribution in [1.82, 2.24) is 15.3 Å². The second-order valence-electron chi connectivity index (χ2n) is 4.54. The van der Waals surface area contributed by atoms with Gasteiger partial charge in [-0.2, -0.15) is 0 Å². The minimum Gasteiger partial charge on any atom is -0.310 e. The van der Waals surface area contributed by atoms with E-state index in [0.29, 0.717) is 6.04 Å². The molecule has 0 radical (unpaired) electrons. The van der Waals surface area contributed by atoms with Gasteiger partial charge in [-0.25, -0.2) is 9.97 Å². The molecule has 2 rings (SSSR count). The normalized spacial score (nSPS) is 12.4. The van der Waals surface area contributed by atoms with E-state index in [1.165, 1.54) is 10.5 Å². The van der Waals surface area contributed by atoms with Crippen molar-refractivity contribution in [1.29, 1.82) is 0 Å². The van der Waals surface area contributed by atoms with Crippen LogP contribution in [0.4, 0.5) is 0 Å². The first kappa shape index (κ1) is 15.5. The molecule has 0 saturated heterocycles. The molecule has 1 unspecified atom stereocenters. The van der Waals surface area contributed by atoms with Crippen LogP contribution < -0.4 is 5.32 Å². The number of hydrogen-bond donors (Lipinski definition) is 1. The van der Waals surface area contributed by atoms with Crippen LogP contribution in [0.5, 0.6) is 0 Å². The Hall–Kier alpha value is -0.910. The Kier molecular flexibility index (Phi) is 5.57. The van der Waals surface area contributed by atoms with E-state index in [9.17, 15) is 0 Å². The fraction of sp³-hybridized carbons (Fsp3) is 0.333. The maximum Gasteiger partial charge on any atom is 0.192 e. The van der Waals surface area contributed by atoms with E-state index < -0.39 is 0 Å². The average Bonchev–Trinajstić information content (AvgIpc) is 2.39. The molecule has 1 aromatic carbocycles. The van der Waals surface area contributed by atoms with Crippen molar-refractivity contribution in [3.8, 4) is 0 Å². The first-order chi connectivity index (χ1) is 9.60. The predicted octanol–water partition coefficient (Wildman–Crippen LogP) is 4.37. The van der Waals surface area contributed by atoms with Crippen LogP contribution in [0.25, 0.3) is 0 Å². The van der Waals surface area contributed by atoms with Crippen LogP contribution in [-0.4, -0.2) is 16.5 Å². The molecule has 1 aromatic heterocycles. The molecule has 0 saturated carbocycles. The molecule has 1 atom stereocenters. The molecule has 1 N–H and O–H groups in total. The molecule has 0 aliphatic heterocycles. The maximum absolute atomic E-state index is 4.46. The van der Waals surface area contributed by atoms with Gasteiger partial charge in [-0.05, 0) is 55.9 Å². The molecule has 106 valence electrons. The lowest BCUT2D eigenvalue weighted by Crippen LogP contribution is -2.18. The molecule has 0 amide bonds. The summed E-state index contributed by atoms with van der Waals surface area (Å²) in [6.07, 6.45) is 1.80. The van der Waals surface area contributed by atoms with E-state index in [0.717, 1.165) is 21.9 Å². The van der Waals surface area contributed by atoms with Gasteiger partial charge in [-0.1, -0.05) is 28.9 Å². The molecule has 2 aromatic rings. The SMILES string of the molecule is CCNC(C)c1ccc(Br)cc1Sc1nccc(C)n1. The highest BCUT2D eigenvalue weighted by Gasteiger charge is 2.12. The highest BCUT2D eigenvalue weighted by atomic mass is 79.9. The Morgan fingerprint density at radius 3 is 2.85 bits per heavy atom. The van der Waals surface area contributed by atoms with Crippen LogP contribution in [0.15, 0.2) is 45.0 Å². The minimum atomic E-state index is 0.306. The molecular weight excluding hydrogens is 334 g/mol. The summed E-state index contributed by atoms with van der Waals surface area (Å²) in [5, 5.41) is 4.23. The Bertz CT molecular complexity index is 589. The van der Waals surface area contributed by atoms with Gasteiger partial charge in [0.1, 0.15) is 0 Å². The summed E-state index contributed by atoms with van der Waals surface area (Å²) in [6.45, 7) is 7.22. The van der Waals surface area contributed by atoms with E-state index in [1.807, 2.05) is 13.0 Å². The number of aromatic nitrogens is 2. The zero-order chi connectivity index (χ0) is 14.5. The smallest absolute Gasteiger partial charge is 0.192 e. The standard InChI is InChI=1S/C15H18BrN3S/c1-4-17-11(3)13-6-5-12(16)9-14(13)20-15-18-8-7-10(2)19-15/h5-9,11,17H,4H2,1-3H3. The number of hydrogen-bond acceptors (Lipinski definition) is 4. The van der Waals surface area contributed by atoms with Crippen LogP contribution in [-0.2, 0) is 0 Å². The third-order valence-electron chi connectivity index (χ3n) is 2.93. The summed E-state index contributed by atoms with van der Waals surface area (Å²) in [6, 6.07) is 8.56. The summed E-state index contributed by atoms with van der Waals surface area (Å²) in [5.41, 5.74) is 2.25. The molecule has 0 spiro atoms.